The second kappa shape index (κ2) is 8.39. The van der Waals surface area contributed by atoms with Crippen LogP contribution in [0.25, 0.3) is 5.69 Å². The summed E-state index contributed by atoms with van der Waals surface area (Å²) in [6.07, 6.45) is 0. The molecule has 8 nitrogen and oxygen atoms in total. The predicted molar refractivity (Wildman–Crippen MR) is 111 cm³/mol. The zero-order valence-corrected chi connectivity index (χ0v) is 16.3. The molecule has 0 radical (unpaired) electrons. The number of amides is 3. The molecule has 0 bridgehead atoms. The van der Waals surface area contributed by atoms with Crippen LogP contribution in [0.15, 0.2) is 54.6 Å². The lowest BCUT2D eigenvalue weighted by atomic mass is 10.1. The molecular weight excluding hydrogens is 370 g/mol. The predicted octanol–water partition coefficient (Wildman–Crippen LogP) is 3.06. The number of hydrogen-bond acceptors (Lipinski definition) is 4. The van der Waals surface area contributed by atoms with Gasteiger partial charge >= 0.3 is 6.03 Å². The fraction of sp³-hybridized carbons (Fsp3) is 0.143. The summed E-state index contributed by atoms with van der Waals surface area (Å²) in [5.74, 6) is -1.45. The van der Waals surface area contributed by atoms with Gasteiger partial charge in [0.1, 0.15) is 0 Å². The van der Waals surface area contributed by atoms with Crippen LogP contribution in [-0.2, 0) is 4.79 Å². The maximum Gasteiger partial charge on any atom is 0.318 e. The second-order valence-electron chi connectivity index (χ2n) is 6.36. The molecule has 8 heteroatoms. The van der Waals surface area contributed by atoms with Crippen molar-refractivity contribution >= 4 is 29.1 Å². The normalized spacial score (nSPS) is 10.3. The number of benzene rings is 2. The number of urea groups is 1. The number of aryl methyl sites for hydroxylation is 1. The third-order valence-corrected chi connectivity index (χ3v) is 4.33. The van der Waals surface area contributed by atoms with Gasteiger partial charge in [0.15, 0.2) is 0 Å². The Balaban J connectivity index is 1.81. The monoisotopic (exact) mass is 391 g/mol. The Labute approximate surface area is 167 Å². The minimum atomic E-state index is -0.777. The van der Waals surface area contributed by atoms with E-state index in [1.807, 2.05) is 30.3 Å². The summed E-state index contributed by atoms with van der Waals surface area (Å²) in [5.41, 5.74) is 3.01. The molecule has 0 atom stereocenters. The second-order valence-corrected chi connectivity index (χ2v) is 6.36. The van der Waals surface area contributed by atoms with E-state index in [2.05, 4.69) is 21.0 Å². The van der Waals surface area contributed by atoms with E-state index in [0.29, 0.717) is 22.8 Å². The van der Waals surface area contributed by atoms with Crippen molar-refractivity contribution in [1.82, 2.24) is 15.1 Å². The first kappa shape index (κ1) is 19.8. The Bertz CT molecular complexity index is 1070. The van der Waals surface area contributed by atoms with E-state index in [9.17, 15) is 14.4 Å². The van der Waals surface area contributed by atoms with Crippen molar-refractivity contribution in [2.24, 2.45) is 0 Å². The van der Waals surface area contributed by atoms with Gasteiger partial charge in [-0.1, -0.05) is 24.3 Å². The van der Waals surface area contributed by atoms with Crippen LogP contribution in [0.4, 0.5) is 16.2 Å². The lowest BCUT2D eigenvalue weighted by Crippen LogP contribution is -2.25. The van der Waals surface area contributed by atoms with Crippen LogP contribution in [0.1, 0.15) is 21.7 Å². The van der Waals surface area contributed by atoms with Gasteiger partial charge in [0, 0.05) is 18.4 Å². The standard InChI is InChI=1S/C21H21N5O3/c1-13-18(14(2)26(25-13)17-10-5-4-6-11-17)19(27)20(28)23-15-8-7-9-16(12-15)24-21(29)22-3/h4-12H,1-3H3,(H,23,28)(H2,22,24,29). The zero-order chi connectivity index (χ0) is 21.0. The first-order valence-electron chi connectivity index (χ1n) is 8.97. The molecule has 0 saturated heterocycles. The molecule has 0 saturated carbocycles. The van der Waals surface area contributed by atoms with E-state index in [0.717, 1.165) is 5.69 Å². The maximum atomic E-state index is 12.8. The van der Waals surface area contributed by atoms with Crippen LogP contribution < -0.4 is 16.0 Å². The van der Waals surface area contributed by atoms with Crippen molar-refractivity contribution in [3.63, 3.8) is 0 Å². The quantitative estimate of drug-likeness (QED) is 0.459. The molecule has 0 aliphatic heterocycles. The number of nitrogens with zero attached hydrogens (tertiary/aromatic N) is 2. The van der Waals surface area contributed by atoms with E-state index < -0.39 is 11.7 Å². The number of Topliss-reactive ketones (excluding diaryl/α,β-unsaturated/α-hetero) is 1. The molecule has 0 unspecified atom stereocenters. The molecular formula is C21H21N5O3. The Morgan fingerprint density at radius 2 is 1.55 bits per heavy atom. The molecule has 3 aromatic rings. The number of rotatable bonds is 5. The number of para-hydroxylation sites is 1. The van der Waals surface area contributed by atoms with Crippen molar-refractivity contribution in [1.29, 1.82) is 0 Å². The van der Waals surface area contributed by atoms with Crippen molar-refractivity contribution in [2.45, 2.75) is 13.8 Å². The van der Waals surface area contributed by atoms with E-state index in [4.69, 9.17) is 0 Å². The molecule has 0 aliphatic carbocycles. The SMILES string of the molecule is CNC(=O)Nc1cccc(NC(=O)C(=O)c2c(C)nn(-c3ccccc3)c2C)c1. The van der Waals surface area contributed by atoms with Gasteiger partial charge in [-0.15, -0.1) is 0 Å². The third-order valence-electron chi connectivity index (χ3n) is 4.33. The average Bonchev–Trinajstić information content (AvgIpc) is 3.02. The number of nitrogens with one attached hydrogen (secondary N) is 3. The molecule has 1 aromatic heterocycles. The van der Waals surface area contributed by atoms with Gasteiger partial charge in [-0.2, -0.15) is 5.10 Å². The summed E-state index contributed by atoms with van der Waals surface area (Å²) in [6.45, 7) is 3.45. The summed E-state index contributed by atoms with van der Waals surface area (Å²) in [5, 5.41) is 12.0. The summed E-state index contributed by atoms with van der Waals surface area (Å²) >= 11 is 0. The average molecular weight is 391 g/mol. The van der Waals surface area contributed by atoms with Gasteiger partial charge < -0.3 is 16.0 Å². The topological polar surface area (TPSA) is 105 Å². The smallest absolute Gasteiger partial charge is 0.318 e. The van der Waals surface area contributed by atoms with Gasteiger partial charge in [-0.3, -0.25) is 9.59 Å². The van der Waals surface area contributed by atoms with E-state index in [-0.39, 0.29) is 11.6 Å². The van der Waals surface area contributed by atoms with Crippen molar-refractivity contribution in [3.05, 3.63) is 71.5 Å². The molecule has 148 valence electrons. The minimum Gasteiger partial charge on any atom is -0.341 e. The first-order valence-corrected chi connectivity index (χ1v) is 8.97. The molecule has 3 N–H and O–H groups in total. The van der Waals surface area contributed by atoms with Crippen LogP contribution in [-0.4, -0.2) is 34.5 Å². The van der Waals surface area contributed by atoms with Gasteiger partial charge in [0.05, 0.1) is 22.6 Å². The summed E-state index contributed by atoms with van der Waals surface area (Å²) < 4.78 is 1.64. The molecule has 0 spiro atoms. The highest BCUT2D eigenvalue weighted by Gasteiger charge is 2.25. The van der Waals surface area contributed by atoms with E-state index in [1.54, 1.807) is 42.8 Å². The van der Waals surface area contributed by atoms with Crippen LogP contribution in [0.3, 0.4) is 0 Å². The molecule has 1 heterocycles. The summed E-state index contributed by atoms with van der Waals surface area (Å²) in [4.78, 5) is 36.8. The molecule has 29 heavy (non-hydrogen) atoms. The minimum absolute atomic E-state index is 0.269. The number of ketones is 1. The number of hydrogen-bond donors (Lipinski definition) is 3. The Morgan fingerprint density at radius 3 is 2.21 bits per heavy atom. The third kappa shape index (κ3) is 4.32. The lowest BCUT2D eigenvalue weighted by Gasteiger charge is -2.08. The molecule has 0 fully saturated rings. The van der Waals surface area contributed by atoms with Crippen LogP contribution >= 0.6 is 0 Å². The maximum absolute atomic E-state index is 12.8. The Kier molecular flexibility index (Phi) is 5.73. The number of anilines is 2. The van der Waals surface area contributed by atoms with Gasteiger partial charge in [0.25, 0.3) is 11.7 Å². The number of aromatic nitrogens is 2. The highest BCUT2D eigenvalue weighted by molar-refractivity contribution is 6.47. The van der Waals surface area contributed by atoms with Gasteiger partial charge in [0.2, 0.25) is 0 Å². The first-order chi connectivity index (χ1) is 13.9. The van der Waals surface area contributed by atoms with Crippen LogP contribution in [0, 0.1) is 13.8 Å². The van der Waals surface area contributed by atoms with Crippen molar-refractivity contribution in [3.8, 4) is 5.69 Å². The highest BCUT2D eigenvalue weighted by atomic mass is 16.2. The molecule has 3 rings (SSSR count). The van der Waals surface area contributed by atoms with Gasteiger partial charge in [-0.25, -0.2) is 9.48 Å². The lowest BCUT2D eigenvalue weighted by molar-refractivity contribution is -0.112. The zero-order valence-electron chi connectivity index (χ0n) is 16.3. The largest absolute Gasteiger partial charge is 0.341 e. The molecule has 3 amide bonds. The van der Waals surface area contributed by atoms with E-state index in [1.165, 1.54) is 7.05 Å². The summed E-state index contributed by atoms with van der Waals surface area (Å²) in [6, 6.07) is 15.5. The number of carbonyl (C=O) groups excluding carboxylic acids is 3. The highest BCUT2D eigenvalue weighted by Crippen LogP contribution is 2.20. The summed E-state index contributed by atoms with van der Waals surface area (Å²) in [7, 11) is 1.50. The van der Waals surface area contributed by atoms with Crippen LogP contribution in [0.2, 0.25) is 0 Å². The van der Waals surface area contributed by atoms with Crippen LogP contribution in [0.5, 0.6) is 0 Å². The molecule has 2 aromatic carbocycles. The fourth-order valence-corrected chi connectivity index (χ4v) is 2.96. The van der Waals surface area contributed by atoms with E-state index >= 15 is 0 Å². The molecule has 0 aliphatic rings. The number of carbonyl (C=O) groups is 3. The fourth-order valence-electron chi connectivity index (χ4n) is 2.96. The Hall–Kier alpha value is -3.94. The van der Waals surface area contributed by atoms with Crippen molar-refractivity contribution in [2.75, 3.05) is 17.7 Å². The van der Waals surface area contributed by atoms with Crippen molar-refractivity contribution < 1.29 is 14.4 Å². The van der Waals surface area contributed by atoms with Gasteiger partial charge in [-0.05, 0) is 44.2 Å². The Morgan fingerprint density at radius 1 is 0.897 bits per heavy atom.